The summed E-state index contributed by atoms with van der Waals surface area (Å²) in [6.45, 7) is 3.65. The third kappa shape index (κ3) is 2.47. The molecule has 2 nitrogen and oxygen atoms in total. The lowest BCUT2D eigenvalue weighted by molar-refractivity contribution is -0.124. The number of hydrogen-bond acceptors (Lipinski definition) is 2. The van der Waals surface area contributed by atoms with Crippen LogP contribution >= 0.6 is 0 Å². The molecular formula is C15H16O2. The molecular weight excluding hydrogens is 212 g/mol. The van der Waals surface area contributed by atoms with Crippen molar-refractivity contribution >= 4 is 16.6 Å². The normalized spacial score (nSPS) is 12.4. The smallest absolute Gasteiger partial charge is 0.172 e. The van der Waals surface area contributed by atoms with Crippen LogP contribution < -0.4 is 4.74 Å². The van der Waals surface area contributed by atoms with Gasteiger partial charge in [0.2, 0.25) is 0 Å². The Morgan fingerprint density at radius 3 is 2.65 bits per heavy atom. The maximum absolute atomic E-state index is 11.5. The zero-order valence-corrected chi connectivity index (χ0v) is 10.1. The summed E-state index contributed by atoms with van der Waals surface area (Å²) in [5.74, 6) is 0.898. The van der Waals surface area contributed by atoms with Crippen molar-refractivity contribution in [2.75, 3.05) is 0 Å². The van der Waals surface area contributed by atoms with Gasteiger partial charge in [0.15, 0.2) is 11.9 Å². The molecule has 0 fully saturated rings. The Morgan fingerprint density at radius 2 is 1.88 bits per heavy atom. The second-order valence-corrected chi connectivity index (χ2v) is 4.06. The highest BCUT2D eigenvalue weighted by molar-refractivity contribution is 5.89. The van der Waals surface area contributed by atoms with Gasteiger partial charge in [0.1, 0.15) is 5.75 Å². The molecule has 0 saturated heterocycles. The van der Waals surface area contributed by atoms with Gasteiger partial charge < -0.3 is 4.74 Å². The molecule has 0 aliphatic rings. The summed E-state index contributed by atoms with van der Waals surface area (Å²) in [7, 11) is 0. The number of ether oxygens (including phenoxy) is 1. The molecule has 0 heterocycles. The minimum Gasteiger partial charge on any atom is -0.482 e. The molecule has 1 unspecified atom stereocenters. The molecule has 0 N–H and O–H groups in total. The molecule has 0 bridgehead atoms. The predicted molar refractivity (Wildman–Crippen MR) is 69.3 cm³/mol. The van der Waals surface area contributed by atoms with Gasteiger partial charge in [-0.15, -0.1) is 0 Å². The summed E-state index contributed by atoms with van der Waals surface area (Å²) >= 11 is 0. The highest BCUT2D eigenvalue weighted by atomic mass is 16.5. The standard InChI is InChI=1S/C15H16O2/c1-3-14(16)11(2)17-15-10-6-8-12-7-4-5-9-13(12)15/h4-11H,3H2,1-2H3. The summed E-state index contributed by atoms with van der Waals surface area (Å²) in [6, 6.07) is 13.9. The van der Waals surface area contributed by atoms with Crippen molar-refractivity contribution in [1.29, 1.82) is 0 Å². The Labute approximate surface area is 101 Å². The van der Waals surface area contributed by atoms with Gasteiger partial charge in [-0.2, -0.15) is 0 Å². The van der Waals surface area contributed by atoms with Crippen LogP contribution in [0.4, 0.5) is 0 Å². The molecule has 0 spiro atoms. The molecule has 1 atom stereocenters. The fourth-order valence-electron chi connectivity index (χ4n) is 1.84. The number of fused-ring (bicyclic) bond motifs is 1. The van der Waals surface area contributed by atoms with E-state index in [1.54, 1.807) is 6.92 Å². The largest absolute Gasteiger partial charge is 0.482 e. The van der Waals surface area contributed by atoms with E-state index in [1.807, 2.05) is 49.4 Å². The fourth-order valence-corrected chi connectivity index (χ4v) is 1.84. The maximum atomic E-state index is 11.5. The molecule has 17 heavy (non-hydrogen) atoms. The average Bonchev–Trinajstić information content (AvgIpc) is 2.38. The van der Waals surface area contributed by atoms with E-state index in [2.05, 4.69) is 0 Å². The minimum absolute atomic E-state index is 0.123. The molecule has 0 radical (unpaired) electrons. The second-order valence-electron chi connectivity index (χ2n) is 4.06. The molecule has 0 aliphatic heterocycles. The second kappa shape index (κ2) is 5.00. The summed E-state index contributed by atoms with van der Waals surface area (Å²) in [5, 5.41) is 2.17. The van der Waals surface area contributed by atoms with Crippen molar-refractivity contribution in [3.8, 4) is 5.75 Å². The number of Topliss-reactive ketones (excluding diaryl/α,β-unsaturated/α-hetero) is 1. The Kier molecular flexibility index (Phi) is 3.43. The van der Waals surface area contributed by atoms with E-state index >= 15 is 0 Å². The highest BCUT2D eigenvalue weighted by Crippen LogP contribution is 2.26. The number of benzene rings is 2. The van der Waals surface area contributed by atoms with Crippen molar-refractivity contribution in [3.05, 3.63) is 42.5 Å². The first-order valence-corrected chi connectivity index (χ1v) is 5.89. The number of hydrogen-bond donors (Lipinski definition) is 0. The van der Waals surface area contributed by atoms with Gasteiger partial charge in [0.05, 0.1) is 0 Å². The number of carbonyl (C=O) groups is 1. The van der Waals surface area contributed by atoms with Gasteiger partial charge in [0.25, 0.3) is 0 Å². The quantitative estimate of drug-likeness (QED) is 0.799. The van der Waals surface area contributed by atoms with Crippen molar-refractivity contribution in [2.45, 2.75) is 26.4 Å². The lowest BCUT2D eigenvalue weighted by atomic mass is 10.1. The predicted octanol–water partition coefficient (Wildman–Crippen LogP) is 3.59. The van der Waals surface area contributed by atoms with Crippen LogP contribution in [0.2, 0.25) is 0 Å². The van der Waals surface area contributed by atoms with Crippen molar-refractivity contribution in [3.63, 3.8) is 0 Å². The topological polar surface area (TPSA) is 26.3 Å². The average molecular weight is 228 g/mol. The molecule has 0 aliphatic carbocycles. The van der Waals surface area contributed by atoms with E-state index in [0.29, 0.717) is 6.42 Å². The van der Waals surface area contributed by atoms with Gasteiger partial charge in [-0.3, -0.25) is 4.79 Å². The molecule has 2 aromatic rings. The number of rotatable bonds is 4. The van der Waals surface area contributed by atoms with E-state index in [9.17, 15) is 4.79 Å². The van der Waals surface area contributed by atoms with Crippen LogP contribution in [0.15, 0.2) is 42.5 Å². The summed E-state index contributed by atoms with van der Waals surface area (Å²) in [6.07, 6.45) is 0.122. The van der Waals surface area contributed by atoms with Crippen LogP contribution in [0, 0.1) is 0 Å². The van der Waals surface area contributed by atoms with Crippen molar-refractivity contribution < 1.29 is 9.53 Å². The van der Waals surface area contributed by atoms with Crippen LogP contribution in [-0.2, 0) is 4.79 Å². The number of carbonyl (C=O) groups excluding carboxylic acids is 1. The van der Waals surface area contributed by atoms with E-state index in [0.717, 1.165) is 16.5 Å². The van der Waals surface area contributed by atoms with E-state index in [-0.39, 0.29) is 11.9 Å². The first-order chi connectivity index (χ1) is 8.22. The van der Waals surface area contributed by atoms with Crippen molar-refractivity contribution in [2.24, 2.45) is 0 Å². The molecule has 2 heteroatoms. The molecule has 88 valence electrons. The van der Waals surface area contributed by atoms with Crippen LogP contribution in [0.3, 0.4) is 0 Å². The monoisotopic (exact) mass is 228 g/mol. The molecule has 0 amide bonds. The van der Waals surface area contributed by atoms with E-state index in [4.69, 9.17) is 4.74 Å². The minimum atomic E-state index is -0.384. The molecule has 2 aromatic carbocycles. The number of ketones is 1. The third-order valence-electron chi connectivity index (χ3n) is 2.86. The zero-order chi connectivity index (χ0) is 12.3. The van der Waals surface area contributed by atoms with Gasteiger partial charge in [-0.25, -0.2) is 0 Å². The molecule has 0 saturated carbocycles. The Hall–Kier alpha value is -1.83. The van der Waals surface area contributed by atoms with Crippen molar-refractivity contribution in [1.82, 2.24) is 0 Å². The maximum Gasteiger partial charge on any atom is 0.172 e. The third-order valence-corrected chi connectivity index (χ3v) is 2.86. The summed E-state index contributed by atoms with van der Waals surface area (Å²) < 4.78 is 5.73. The fraction of sp³-hybridized carbons (Fsp3) is 0.267. The van der Waals surface area contributed by atoms with E-state index < -0.39 is 0 Å². The lowest BCUT2D eigenvalue weighted by Gasteiger charge is -2.14. The van der Waals surface area contributed by atoms with E-state index in [1.165, 1.54) is 0 Å². The summed E-state index contributed by atoms with van der Waals surface area (Å²) in [5.41, 5.74) is 0. The molecule has 2 rings (SSSR count). The van der Waals surface area contributed by atoms with Gasteiger partial charge in [-0.1, -0.05) is 43.3 Å². The van der Waals surface area contributed by atoms with Crippen LogP contribution in [-0.4, -0.2) is 11.9 Å². The SMILES string of the molecule is CCC(=O)C(C)Oc1cccc2ccccc12. The Morgan fingerprint density at radius 1 is 1.18 bits per heavy atom. The lowest BCUT2D eigenvalue weighted by Crippen LogP contribution is -2.22. The van der Waals surface area contributed by atoms with Crippen LogP contribution in [0.1, 0.15) is 20.3 Å². The summed E-state index contributed by atoms with van der Waals surface area (Å²) in [4.78, 5) is 11.5. The highest BCUT2D eigenvalue weighted by Gasteiger charge is 2.13. The van der Waals surface area contributed by atoms with Crippen LogP contribution in [0.5, 0.6) is 5.75 Å². The first kappa shape index (κ1) is 11.6. The van der Waals surface area contributed by atoms with Gasteiger partial charge >= 0.3 is 0 Å². The molecule has 0 aromatic heterocycles. The Bertz CT molecular complexity index is 526. The Balaban J connectivity index is 2.33. The van der Waals surface area contributed by atoms with Crippen LogP contribution in [0.25, 0.3) is 10.8 Å². The van der Waals surface area contributed by atoms with Gasteiger partial charge in [-0.05, 0) is 18.4 Å². The van der Waals surface area contributed by atoms with Gasteiger partial charge in [0, 0.05) is 11.8 Å². The first-order valence-electron chi connectivity index (χ1n) is 5.89. The zero-order valence-electron chi connectivity index (χ0n) is 10.1.